The van der Waals surface area contributed by atoms with Crippen molar-refractivity contribution < 1.29 is 9.59 Å². The van der Waals surface area contributed by atoms with Crippen LogP contribution < -0.4 is 6.15 Å². The van der Waals surface area contributed by atoms with Crippen molar-refractivity contribution in [2.45, 2.75) is 91.4 Å². The van der Waals surface area contributed by atoms with E-state index in [4.69, 9.17) is 0 Å². The van der Waals surface area contributed by atoms with E-state index >= 15 is 0 Å². The normalized spacial score (nSPS) is 10.5. The van der Waals surface area contributed by atoms with Crippen LogP contribution in [-0.4, -0.2) is 11.6 Å². The second kappa shape index (κ2) is 14.7. The van der Waals surface area contributed by atoms with Crippen molar-refractivity contribution >= 4 is 11.6 Å². The maximum absolute atomic E-state index is 12.7. The number of ketones is 2. The van der Waals surface area contributed by atoms with Crippen molar-refractivity contribution in [3.8, 4) is 0 Å². The summed E-state index contributed by atoms with van der Waals surface area (Å²) in [7, 11) is 0. The fourth-order valence-electron chi connectivity index (χ4n) is 4.04. The van der Waals surface area contributed by atoms with Crippen LogP contribution in [0.25, 0.3) is 0 Å². The summed E-state index contributed by atoms with van der Waals surface area (Å²) >= 11 is 0. The van der Waals surface area contributed by atoms with Gasteiger partial charge in [-0.15, -0.1) is 0 Å². The van der Waals surface area contributed by atoms with Gasteiger partial charge >= 0.3 is 0 Å². The molecular formula is C28H41NO2. The lowest BCUT2D eigenvalue weighted by atomic mass is 9.91. The minimum Gasteiger partial charge on any atom is -0.344 e. The molecule has 0 aliphatic heterocycles. The molecule has 0 aromatic heterocycles. The van der Waals surface area contributed by atoms with Gasteiger partial charge in [0.2, 0.25) is 11.6 Å². The molecule has 3 N–H and O–H groups in total. The zero-order valence-corrected chi connectivity index (χ0v) is 19.8. The van der Waals surface area contributed by atoms with E-state index in [1.54, 1.807) is 24.3 Å². The molecule has 0 aliphatic carbocycles. The van der Waals surface area contributed by atoms with E-state index in [0.29, 0.717) is 11.1 Å². The lowest BCUT2D eigenvalue weighted by molar-refractivity contribution is 0.0816. The summed E-state index contributed by atoms with van der Waals surface area (Å²) in [5.74, 6) is -0.840. The average molecular weight is 424 g/mol. The van der Waals surface area contributed by atoms with Gasteiger partial charge in [-0.3, -0.25) is 9.59 Å². The van der Waals surface area contributed by atoms with Crippen molar-refractivity contribution in [2.24, 2.45) is 0 Å². The van der Waals surface area contributed by atoms with Gasteiger partial charge in [-0.25, -0.2) is 0 Å². The van der Waals surface area contributed by atoms with Gasteiger partial charge < -0.3 is 6.15 Å². The summed E-state index contributed by atoms with van der Waals surface area (Å²) in [4.78, 5) is 25.2. The molecule has 0 heterocycles. The lowest BCUT2D eigenvalue weighted by Gasteiger charge is -2.13. The van der Waals surface area contributed by atoms with E-state index in [1.165, 1.54) is 69.8 Å². The summed E-state index contributed by atoms with van der Waals surface area (Å²) in [5.41, 5.74) is 4.38. The maximum Gasteiger partial charge on any atom is 0.233 e. The Hall–Kier alpha value is -2.26. The Labute approximate surface area is 189 Å². The molecule has 0 bridgehead atoms. The molecule has 2 aromatic carbocycles. The van der Waals surface area contributed by atoms with E-state index in [2.05, 4.69) is 13.8 Å². The quantitative estimate of drug-likeness (QED) is 0.190. The third kappa shape index (κ3) is 8.41. The molecule has 2 aromatic rings. The minimum atomic E-state index is -0.430. The molecule has 170 valence electrons. The van der Waals surface area contributed by atoms with Crippen LogP contribution in [0.4, 0.5) is 0 Å². The number of hydrogen-bond donors (Lipinski definition) is 1. The van der Waals surface area contributed by atoms with Gasteiger partial charge in [-0.05, 0) is 43.4 Å². The number of Topliss-reactive ketones (excluding diaryl/α,β-unsaturated/α-hetero) is 2. The number of benzene rings is 2. The van der Waals surface area contributed by atoms with Crippen LogP contribution in [0.1, 0.15) is 109 Å². The van der Waals surface area contributed by atoms with Crippen LogP contribution >= 0.6 is 0 Å². The van der Waals surface area contributed by atoms with Crippen molar-refractivity contribution in [1.29, 1.82) is 0 Å². The van der Waals surface area contributed by atoms with Crippen LogP contribution in [0.15, 0.2) is 42.5 Å². The molecule has 0 aliphatic rings. The second-order valence-corrected chi connectivity index (χ2v) is 8.48. The van der Waals surface area contributed by atoms with Crippen molar-refractivity contribution in [1.82, 2.24) is 6.15 Å². The summed E-state index contributed by atoms with van der Waals surface area (Å²) in [6.45, 7) is 6.30. The second-order valence-electron chi connectivity index (χ2n) is 8.48. The van der Waals surface area contributed by atoms with Gasteiger partial charge in [0.05, 0.1) is 0 Å². The highest BCUT2D eigenvalue weighted by atomic mass is 16.2. The van der Waals surface area contributed by atoms with E-state index in [9.17, 15) is 9.59 Å². The molecule has 0 radical (unpaired) electrons. The molecule has 0 saturated carbocycles. The van der Waals surface area contributed by atoms with Gasteiger partial charge in [0.15, 0.2) is 0 Å². The first-order valence-electron chi connectivity index (χ1n) is 11.8. The number of unbranched alkanes of at least 4 members (excludes halogenated alkanes) is 9. The minimum absolute atomic E-state index is 0. The first-order chi connectivity index (χ1) is 14.6. The highest BCUT2D eigenvalue weighted by Gasteiger charge is 2.21. The topological polar surface area (TPSA) is 69.1 Å². The summed E-state index contributed by atoms with van der Waals surface area (Å²) in [5, 5.41) is 0. The highest BCUT2D eigenvalue weighted by Crippen LogP contribution is 2.22. The molecule has 0 unspecified atom stereocenters. The van der Waals surface area contributed by atoms with Crippen molar-refractivity contribution in [3.63, 3.8) is 0 Å². The van der Waals surface area contributed by atoms with Gasteiger partial charge in [0.1, 0.15) is 0 Å². The van der Waals surface area contributed by atoms with E-state index < -0.39 is 11.6 Å². The van der Waals surface area contributed by atoms with Crippen molar-refractivity contribution in [3.05, 3.63) is 70.3 Å². The zero-order chi connectivity index (χ0) is 21.8. The smallest absolute Gasteiger partial charge is 0.233 e. The predicted octanol–water partition coefficient (Wildman–Crippen LogP) is 7.99. The Balaban J connectivity index is 0.00000480. The van der Waals surface area contributed by atoms with E-state index in [-0.39, 0.29) is 6.15 Å². The Morgan fingerprint density at radius 1 is 0.645 bits per heavy atom. The van der Waals surface area contributed by atoms with Gasteiger partial charge in [-0.2, -0.15) is 0 Å². The molecule has 0 saturated heterocycles. The zero-order valence-electron chi connectivity index (χ0n) is 19.8. The summed E-state index contributed by atoms with van der Waals surface area (Å²) in [6.07, 6.45) is 14.4. The summed E-state index contributed by atoms with van der Waals surface area (Å²) < 4.78 is 0. The molecule has 0 spiro atoms. The molecule has 3 heteroatoms. The van der Waals surface area contributed by atoms with Gasteiger partial charge in [0.25, 0.3) is 0 Å². The number of carbonyl (C=O) groups is 2. The molecule has 0 fully saturated rings. The first kappa shape index (κ1) is 26.8. The molecule has 3 nitrogen and oxygen atoms in total. The van der Waals surface area contributed by atoms with Crippen LogP contribution in [0, 0.1) is 13.8 Å². The number of hydrogen-bond acceptors (Lipinski definition) is 3. The standard InChI is InChI=1S/C28H38O2.H3N/c1-4-5-6-7-8-9-10-11-12-14-17-24-20-21-26(23(3)22(24)2)28(30)27(29)25-18-15-13-16-19-25;/h13,15-16,18-21H,4-12,14,17H2,1-3H3;1H3. The SMILES string of the molecule is CCCCCCCCCCCCc1ccc(C(=O)C(=O)c2ccccc2)c(C)c1C.N. The van der Waals surface area contributed by atoms with Crippen LogP contribution in [0.3, 0.4) is 0 Å². The Bertz CT molecular complexity index is 811. The molecule has 31 heavy (non-hydrogen) atoms. The number of rotatable bonds is 14. The van der Waals surface area contributed by atoms with Crippen molar-refractivity contribution in [2.75, 3.05) is 0 Å². The number of carbonyl (C=O) groups excluding carboxylic acids is 2. The highest BCUT2D eigenvalue weighted by molar-refractivity contribution is 6.49. The third-order valence-electron chi connectivity index (χ3n) is 6.19. The first-order valence-corrected chi connectivity index (χ1v) is 11.8. The van der Waals surface area contributed by atoms with Gasteiger partial charge in [-0.1, -0.05) is 107 Å². The number of aryl methyl sites for hydroxylation is 1. The van der Waals surface area contributed by atoms with E-state index in [0.717, 1.165) is 17.5 Å². The largest absolute Gasteiger partial charge is 0.344 e. The molecule has 0 atom stereocenters. The predicted molar refractivity (Wildman–Crippen MR) is 132 cm³/mol. The van der Waals surface area contributed by atoms with Crippen LogP contribution in [-0.2, 0) is 6.42 Å². The molecule has 2 rings (SSSR count). The lowest BCUT2D eigenvalue weighted by Crippen LogP contribution is -2.16. The average Bonchev–Trinajstić information content (AvgIpc) is 2.77. The van der Waals surface area contributed by atoms with Crippen LogP contribution in [0.5, 0.6) is 0 Å². The van der Waals surface area contributed by atoms with E-state index in [1.807, 2.05) is 25.1 Å². The van der Waals surface area contributed by atoms with Gasteiger partial charge in [0, 0.05) is 11.1 Å². The maximum atomic E-state index is 12.7. The summed E-state index contributed by atoms with van der Waals surface area (Å²) in [6, 6.07) is 12.7. The fraction of sp³-hybridized carbons (Fsp3) is 0.500. The molecule has 0 amide bonds. The third-order valence-corrected chi connectivity index (χ3v) is 6.19. The Morgan fingerprint density at radius 3 is 1.77 bits per heavy atom. The van der Waals surface area contributed by atoms with Crippen LogP contribution in [0.2, 0.25) is 0 Å². The monoisotopic (exact) mass is 423 g/mol. The Kier molecular flexibility index (Phi) is 12.7. The fourth-order valence-corrected chi connectivity index (χ4v) is 4.04. The Morgan fingerprint density at radius 2 is 1.19 bits per heavy atom. The molecular weight excluding hydrogens is 382 g/mol.